The predicted molar refractivity (Wildman–Crippen MR) is 143 cm³/mol. The van der Waals surface area contributed by atoms with Gasteiger partial charge in [-0.25, -0.2) is 9.78 Å². The highest BCUT2D eigenvalue weighted by Gasteiger charge is 2.24. The number of pyridine rings is 1. The number of hydrogen-bond donors (Lipinski definition) is 1. The van der Waals surface area contributed by atoms with E-state index in [1.807, 2.05) is 18.2 Å². The Hall–Kier alpha value is -4.35. The van der Waals surface area contributed by atoms with Gasteiger partial charge < -0.3 is 19.5 Å². The van der Waals surface area contributed by atoms with Crippen molar-refractivity contribution in [2.45, 2.75) is 31.9 Å². The third kappa shape index (κ3) is 5.34. The maximum Gasteiger partial charge on any atom is 0.351 e. The average molecular weight is 509 g/mol. The molecule has 192 valence electrons. The largest absolute Gasteiger partial charge is 0.478 e. The molecule has 0 saturated heterocycles. The van der Waals surface area contributed by atoms with Crippen molar-refractivity contribution in [2.24, 2.45) is 0 Å². The number of nitrogens with one attached hydrogen (secondary N) is 1. The van der Waals surface area contributed by atoms with Crippen LogP contribution in [0.5, 0.6) is 17.5 Å². The van der Waals surface area contributed by atoms with E-state index in [2.05, 4.69) is 51.4 Å². The van der Waals surface area contributed by atoms with Gasteiger partial charge in [-0.15, -0.1) is 0 Å². The van der Waals surface area contributed by atoms with Gasteiger partial charge in [0.05, 0.1) is 12.2 Å². The molecule has 1 aliphatic carbocycles. The van der Waals surface area contributed by atoms with E-state index in [1.54, 1.807) is 22.9 Å². The van der Waals surface area contributed by atoms with Crippen LogP contribution in [0.3, 0.4) is 0 Å². The molecule has 1 unspecified atom stereocenters. The van der Waals surface area contributed by atoms with Gasteiger partial charge in [0.15, 0.2) is 11.9 Å². The number of nitrogens with zero attached hydrogens (tertiary/aromatic N) is 3. The molecule has 3 aliphatic rings. The van der Waals surface area contributed by atoms with Crippen LogP contribution >= 0.6 is 0 Å². The van der Waals surface area contributed by atoms with Crippen molar-refractivity contribution in [1.82, 2.24) is 19.9 Å². The molecule has 2 aromatic heterocycles. The molecule has 1 atom stereocenters. The first kappa shape index (κ1) is 24.0. The van der Waals surface area contributed by atoms with E-state index >= 15 is 0 Å². The van der Waals surface area contributed by atoms with Gasteiger partial charge in [-0.3, -0.25) is 4.57 Å². The van der Waals surface area contributed by atoms with E-state index in [4.69, 9.17) is 14.2 Å². The van der Waals surface area contributed by atoms with E-state index < -0.39 is 0 Å². The lowest BCUT2D eigenvalue weighted by Gasteiger charge is -2.25. The molecule has 0 amide bonds. The summed E-state index contributed by atoms with van der Waals surface area (Å²) in [5, 5.41) is 3.38. The summed E-state index contributed by atoms with van der Waals surface area (Å²) in [6, 6.07) is 11.6. The van der Waals surface area contributed by atoms with Gasteiger partial charge in [0.25, 0.3) is 5.88 Å². The molecule has 2 aliphatic heterocycles. The third-order valence-corrected chi connectivity index (χ3v) is 6.67. The molecule has 6 rings (SSSR count). The van der Waals surface area contributed by atoms with Crippen LogP contribution in [0.4, 0.5) is 0 Å². The fraction of sp³-hybridized carbons (Fsp3) is 0.300. The van der Waals surface area contributed by atoms with Crippen molar-refractivity contribution in [3.8, 4) is 40.6 Å². The number of hydrogen-bond acceptors (Lipinski definition) is 7. The summed E-state index contributed by atoms with van der Waals surface area (Å²) in [6.45, 7) is 2.55. The fourth-order valence-corrected chi connectivity index (χ4v) is 4.79. The number of fused-ring (bicyclic) bond motifs is 4. The van der Waals surface area contributed by atoms with Crippen LogP contribution in [0.15, 0.2) is 71.2 Å². The van der Waals surface area contributed by atoms with Crippen LogP contribution in [-0.2, 0) is 13.0 Å². The van der Waals surface area contributed by atoms with E-state index in [0.717, 1.165) is 48.2 Å². The van der Waals surface area contributed by atoms with Crippen molar-refractivity contribution >= 4 is 0 Å². The second-order valence-corrected chi connectivity index (χ2v) is 9.37. The van der Waals surface area contributed by atoms with Gasteiger partial charge in [0.1, 0.15) is 13.2 Å². The summed E-state index contributed by atoms with van der Waals surface area (Å²) in [5.41, 5.74) is 4.92. The predicted octanol–water partition coefficient (Wildman–Crippen LogP) is 3.30. The van der Waals surface area contributed by atoms with Gasteiger partial charge in [-0.2, -0.15) is 4.98 Å². The average Bonchev–Trinajstić information content (AvgIpc) is 2.96. The molecule has 1 aromatic carbocycles. The highest BCUT2D eigenvalue weighted by Crippen LogP contribution is 2.31. The van der Waals surface area contributed by atoms with Crippen LogP contribution in [0.2, 0.25) is 0 Å². The quantitative estimate of drug-likeness (QED) is 0.404. The highest BCUT2D eigenvalue weighted by atomic mass is 16.6. The second-order valence-electron chi connectivity index (χ2n) is 9.37. The van der Waals surface area contributed by atoms with E-state index in [-0.39, 0.29) is 24.3 Å². The normalized spacial score (nSPS) is 16.9. The first-order valence-electron chi connectivity index (χ1n) is 12.9. The Labute approximate surface area is 221 Å². The topological polar surface area (TPSA) is 87.5 Å². The zero-order chi connectivity index (χ0) is 25.7. The summed E-state index contributed by atoms with van der Waals surface area (Å²) >= 11 is 0. The Bertz CT molecular complexity index is 1530. The third-order valence-electron chi connectivity index (χ3n) is 6.67. The van der Waals surface area contributed by atoms with E-state index in [1.165, 1.54) is 5.57 Å². The zero-order valence-corrected chi connectivity index (χ0v) is 21.0. The lowest BCUT2D eigenvalue weighted by atomic mass is 9.95. The molecule has 38 heavy (non-hydrogen) atoms. The highest BCUT2D eigenvalue weighted by molar-refractivity contribution is 5.68. The molecule has 0 fully saturated rings. The molecule has 0 saturated carbocycles. The van der Waals surface area contributed by atoms with Crippen molar-refractivity contribution in [1.29, 1.82) is 0 Å². The number of aryl methyl sites for hydroxylation is 1. The minimum Gasteiger partial charge on any atom is -0.478 e. The molecule has 0 radical (unpaired) electrons. The summed E-state index contributed by atoms with van der Waals surface area (Å²) in [7, 11) is 0. The number of rotatable bonds is 6. The van der Waals surface area contributed by atoms with Gasteiger partial charge >= 0.3 is 5.69 Å². The summed E-state index contributed by atoms with van der Waals surface area (Å²) < 4.78 is 19.1. The van der Waals surface area contributed by atoms with Gasteiger partial charge in [-0.05, 0) is 54.7 Å². The lowest BCUT2D eigenvalue weighted by molar-refractivity contribution is 0.0486. The molecule has 0 bridgehead atoms. The maximum atomic E-state index is 12.8. The summed E-state index contributed by atoms with van der Waals surface area (Å²) in [6.07, 6.45) is 11.0. The molecule has 4 heterocycles. The molecule has 3 aromatic rings. The summed E-state index contributed by atoms with van der Waals surface area (Å²) in [5.74, 6) is 7.79. The van der Waals surface area contributed by atoms with Crippen LogP contribution in [0.25, 0.3) is 11.3 Å². The Morgan fingerprint density at radius 3 is 3.11 bits per heavy atom. The molecule has 0 spiro atoms. The fourth-order valence-electron chi connectivity index (χ4n) is 4.79. The Morgan fingerprint density at radius 1 is 1.21 bits per heavy atom. The maximum absolute atomic E-state index is 12.8. The molecular formula is C30H28N4O4. The van der Waals surface area contributed by atoms with Crippen LogP contribution in [0.1, 0.15) is 24.0 Å². The number of aromatic nitrogens is 3. The zero-order valence-electron chi connectivity index (χ0n) is 21.0. The van der Waals surface area contributed by atoms with Gasteiger partial charge in [0, 0.05) is 36.5 Å². The molecule has 8 heteroatoms. The number of ether oxygens (including phenoxy) is 3. The smallest absolute Gasteiger partial charge is 0.351 e. The SMILES string of the molecule is O=c1nc(OCC2COc3ncccc3O2)cc2n1CCc1cc(C#CCNCC3=CCCC=C3)ccc1-2. The minimum atomic E-state index is -0.328. The first-order chi connectivity index (χ1) is 18.7. The molecule has 1 N–H and O–H groups in total. The van der Waals surface area contributed by atoms with Crippen molar-refractivity contribution < 1.29 is 14.2 Å². The van der Waals surface area contributed by atoms with E-state index in [9.17, 15) is 4.79 Å². The minimum absolute atomic E-state index is 0.202. The Morgan fingerprint density at radius 2 is 2.18 bits per heavy atom. The van der Waals surface area contributed by atoms with Gasteiger partial charge in [-0.1, -0.05) is 36.1 Å². The number of benzene rings is 1. The Kier molecular flexibility index (Phi) is 6.92. The first-order valence-corrected chi connectivity index (χ1v) is 12.9. The molecule has 8 nitrogen and oxygen atoms in total. The lowest BCUT2D eigenvalue weighted by Crippen LogP contribution is -2.35. The van der Waals surface area contributed by atoms with Crippen molar-refractivity contribution in [2.75, 3.05) is 26.3 Å². The van der Waals surface area contributed by atoms with Gasteiger partial charge in [0.2, 0.25) is 5.88 Å². The number of allylic oxidation sites excluding steroid dienone is 2. The van der Waals surface area contributed by atoms with Crippen LogP contribution in [0, 0.1) is 11.8 Å². The van der Waals surface area contributed by atoms with E-state index in [0.29, 0.717) is 31.3 Å². The molecular weight excluding hydrogens is 480 g/mol. The van der Waals surface area contributed by atoms with Crippen molar-refractivity contribution in [3.63, 3.8) is 0 Å². The summed E-state index contributed by atoms with van der Waals surface area (Å²) in [4.78, 5) is 21.0. The Balaban J connectivity index is 1.12. The van der Waals surface area contributed by atoms with Crippen molar-refractivity contribution in [3.05, 3.63) is 88.0 Å². The van der Waals surface area contributed by atoms with Crippen LogP contribution < -0.4 is 25.2 Å². The second kappa shape index (κ2) is 11.0. The monoisotopic (exact) mass is 508 g/mol. The van der Waals surface area contributed by atoms with Crippen LogP contribution in [-0.4, -0.2) is 46.9 Å². The standard InChI is InChI=1S/C30H28N4O4/c35-30-33-28(36-19-24-20-37-29-27(38-24)9-5-14-32-29)17-26-25-11-10-21(16-23(25)12-15-34(26)30)8-4-13-31-18-22-6-2-1-3-7-22/h2,5-7,9-11,14,16-17,24,31H,1,3,12-13,15,18-20H2.